The van der Waals surface area contributed by atoms with Gasteiger partial charge in [0.2, 0.25) is 0 Å². The fraction of sp³-hybridized carbons (Fsp3) is 0.632. The minimum atomic E-state index is 0.219. The molecule has 2 aromatic rings. The molecule has 3 atom stereocenters. The minimum Gasteiger partial charge on any atom is -0.372 e. The van der Waals surface area contributed by atoms with E-state index >= 15 is 0 Å². The highest BCUT2D eigenvalue weighted by molar-refractivity contribution is 5.81. The molecular weight excluding hydrogens is 286 g/mol. The molecule has 2 unspecified atom stereocenters. The molecule has 0 bridgehead atoms. The SMILES string of the molecule is CC1CCCN(Cc2c([C@@H]3CCCO3)[nH]c3ncccc23)C1C. The molecule has 0 spiro atoms. The third kappa shape index (κ3) is 2.79. The molecule has 0 aromatic carbocycles. The average molecular weight is 313 g/mol. The predicted octanol–water partition coefficient (Wildman–Crippen LogP) is 4.03. The Morgan fingerprint density at radius 2 is 2.22 bits per heavy atom. The molecule has 2 aliphatic rings. The summed E-state index contributed by atoms with van der Waals surface area (Å²) >= 11 is 0. The lowest BCUT2D eigenvalue weighted by molar-refractivity contribution is 0.0965. The number of aromatic amines is 1. The smallest absolute Gasteiger partial charge is 0.137 e. The van der Waals surface area contributed by atoms with Crippen LogP contribution in [0, 0.1) is 5.92 Å². The molecule has 2 saturated heterocycles. The molecular formula is C19H27N3O. The minimum absolute atomic E-state index is 0.219. The molecule has 2 aliphatic heterocycles. The van der Waals surface area contributed by atoms with E-state index in [2.05, 4.69) is 34.8 Å². The number of hydrogen-bond donors (Lipinski definition) is 1. The number of pyridine rings is 1. The Hall–Kier alpha value is -1.39. The highest BCUT2D eigenvalue weighted by Gasteiger charge is 2.29. The van der Waals surface area contributed by atoms with Gasteiger partial charge in [-0.05, 0) is 62.8 Å². The first-order valence-electron chi connectivity index (χ1n) is 9.05. The summed E-state index contributed by atoms with van der Waals surface area (Å²) < 4.78 is 5.97. The maximum Gasteiger partial charge on any atom is 0.137 e. The second-order valence-corrected chi connectivity index (χ2v) is 7.25. The van der Waals surface area contributed by atoms with Gasteiger partial charge in [-0.1, -0.05) is 6.92 Å². The Labute approximate surface area is 138 Å². The lowest BCUT2D eigenvalue weighted by atomic mass is 9.91. The normalized spacial score (nSPS) is 29.4. The molecule has 0 aliphatic carbocycles. The summed E-state index contributed by atoms with van der Waals surface area (Å²) in [5.41, 5.74) is 3.67. The zero-order valence-electron chi connectivity index (χ0n) is 14.2. The second kappa shape index (κ2) is 6.25. The van der Waals surface area contributed by atoms with E-state index in [1.807, 2.05) is 12.3 Å². The van der Waals surface area contributed by atoms with Gasteiger partial charge >= 0.3 is 0 Å². The van der Waals surface area contributed by atoms with E-state index in [9.17, 15) is 0 Å². The molecule has 23 heavy (non-hydrogen) atoms. The van der Waals surface area contributed by atoms with Gasteiger partial charge in [-0.15, -0.1) is 0 Å². The number of piperidine rings is 1. The number of nitrogens with one attached hydrogen (secondary N) is 1. The van der Waals surface area contributed by atoms with Crippen LogP contribution in [0.5, 0.6) is 0 Å². The topological polar surface area (TPSA) is 41.1 Å². The number of aromatic nitrogens is 2. The Morgan fingerprint density at radius 1 is 1.30 bits per heavy atom. The predicted molar refractivity (Wildman–Crippen MR) is 92.3 cm³/mol. The molecule has 2 fully saturated rings. The molecule has 1 N–H and O–H groups in total. The van der Waals surface area contributed by atoms with E-state index in [1.165, 1.54) is 36.0 Å². The first kappa shape index (κ1) is 15.2. The molecule has 124 valence electrons. The van der Waals surface area contributed by atoms with Crippen LogP contribution in [0.2, 0.25) is 0 Å². The Bertz CT molecular complexity index is 674. The quantitative estimate of drug-likeness (QED) is 0.930. The number of hydrogen-bond acceptors (Lipinski definition) is 3. The van der Waals surface area contributed by atoms with Crippen molar-refractivity contribution >= 4 is 11.0 Å². The molecule has 0 saturated carbocycles. The first-order valence-corrected chi connectivity index (χ1v) is 9.05. The zero-order chi connectivity index (χ0) is 15.8. The highest BCUT2D eigenvalue weighted by atomic mass is 16.5. The third-order valence-electron chi connectivity index (χ3n) is 5.83. The summed E-state index contributed by atoms with van der Waals surface area (Å²) in [5.74, 6) is 0.776. The van der Waals surface area contributed by atoms with E-state index in [0.717, 1.165) is 37.6 Å². The van der Waals surface area contributed by atoms with Crippen LogP contribution in [-0.4, -0.2) is 34.1 Å². The van der Waals surface area contributed by atoms with Crippen molar-refractivity contribution in [2.24, 2.45) is 5.92 Å². The van der Waals surface area contributed by atoms with Crippen molar-refractivity contribution in [3.63, 3.8) is 0 Å². The summed E-state index contributed by atoms with van der Waals surface area (Å²) in [6.07, 6.45) is 7.02. The molecule has 0 radical (unpaired) electrons. The molecule has 4 heterocycles. The average Bonchev–Trinajstić information content (AvgIpc) is 3.20. The maximum atomic E-state index is 5.97. The van der Waals surface area contributed by atoms with E-state index in [-0.39, 0.29) is 6.10 Å². The van der Waals surface area contributed by atoms with Crippen molar-refractivity contribution in [2.45, 2.75) is 58.2 Å². The van der Waals surface area contributed by atoms with E-state index in [1.54, 1.807) is 0 Å². The van der Waals surface area contributed by atoms with Crippen molar-refractivity contribution in [2.75, 3.05) is 13.2 Å². The van der Waals surface area contributed by atoms with Crippen molar-refractivity contribution in [3.05, 3.63) is 29.6 Å². The van der Waals surface area contributed by atoms with Crippen LogP contribution in [0.15, 0.2) is 18.3 Å². The summed E-state index contributed by atoms with van der Waals surface area (Å²) in [5, 5.41) is 1.27. The largest absolute Gasteiger partial charge is 0.372 e. The van der Waals surface area contributed by atoms with Gasteiger partial charge in [0.15, 0.2) is 0 Å². The number of rotatable bonds is 3. The van der Waals surface area contributed by atoms with E-state index < -0.39 is 0 Å². The van der Waals surface area contributed by atoms with Crippen molar-refractivity contribution in [3.8, 4) is 0 Å². The summed E-state index contributed by atoms with van der Waals surface area (Å²) in [7, 11) is 0. The highest BCUT2D eigenvalue weighted by Crippen LogP contribution is 2.35. The van der Waals surface area contributed by atoms with Gasteiger partial charge in [-0.3, -0.25) is 4.90 Å². The summed E-state index contributed by atoms with van der Waals surface area (Å²) in [4.78, 5) is 10.7. The third-order valence-corrected chi connectivity index (χ3v) is 5.83. The number of nitrogens with zero attached hydrogens (tertiary/aromatic N) is 2. The number of H-pyrrole nitrogens is 1. The fourth-order valence-corrected chi connectivity index (χ4v) is 4.19. The van der Waals surface area contributed by atoms with Gasteiger partial charge in [0.25, 0.3) is 0 Å². The van der Waals surface area contributed by atoms with Gasteiger partial charge in [0.1, 0.15) is 5.65 Å². The Morgan fingerprint density at radius 3 is 3.04 bits per heavy atom. The number of fused-ring (bicyclic) bond motifs is 1. The molecule has 4 nitrogen and oxygen atoms in total. The van der Waals surface area contributed by atoms with Gasteiger partial charge in [0, 0.05) is 30.8 Å². The molecule has 4 rings (SSSR count). The van der Waals surface area contributed by atoms with E-state index in [4.69, 9.17) is 4.74 Å². The van der Waals surface area contributed by atoms with Crippen LogP contribution < -0.4 is 0 Å². The lowest BCUT2D eigenvalue weighted by Gasteiger charge is -2.38. The van der Waals surface area contributed by atoms with E-state index in [0.29, 0.717) is 6.04 Å². The Balaban J connectivity index is 1.70. The first-order chi connectivity index (χ1) is 11.2. The zero-order valence-corrected chi connectivity index (χ0v) is 14.2. The number of ether oxygens (including phenoxy) is 1. The molecule has 0 amide bonds. The van der Waals surface area contributed by atoms with Crippen LogP contribution in [0.1, 0.15) is 56.9 Å². The van der Waals surface area contributed by atoms with Gasteiger partial charge in [-0.2, -0.15) is 0 Å². The van der Waals surface area contributed by atoms with Crippen molar-refractivity contribution < 1.29 is 4.74 Å². The van der Waals surface area contributed by atoms with Gasteiger partial charge in [0.05, 0.1) is 11.8 Å². The lowest BCUT2D eigenvalue weighted by Crippen LogP contribution is -2.41. The summed E-state index contributed by atoms with van der Waals surface area (Å²) in [6, 6.07) is 4.88. The van der Waals surface area contributed by atoms with Gasteiger partial charge in [-0.25, -0.2) is 4.98 Å². The monoisotopic (exact) mass is 313 g/mol. The van der Waals surface area contributed by atoms with Crippen molar-refractivity contribution in [1.82, 2.24) is 14.9 Å². The van der Waals surface area contributed by atoms with Crippen LogP contribution in [0.25, 0.3) is 11.0 Å². The molecule has 2 aromatic heterocycles. The molecule has 4 heteroatoms. The Kier molecular flexibility index (Phi) is 4.12. The second-order valence-electron chi connectivity index (χ2n) is 7.25. The van der Waals surface area contributed by atoms with Gasteiger partial charge < -0.3 is 9.72 Å². The summed E-state index contributed by atoms with van der Waals surface area (Å²) in [6.45, 7) is 7.84. The number of likely N-dealkylation sites (tertiary alicyclic amines) is 1. The van der Waals surface area contributed by atoms with Crippen LogP contribution in [0.4, 0.5) is 0 Å². The maximum absolute atomic E-state index is 5.97. The van der Waals surface area contributed by atoms with Crippen LogP contribution in [0.3, 0.4) is 0 Å². The van der Waals surface area contributed by atoms with Crippen molar-refractivity contribution in [1.29, 1.82) is 0 Å². The standard InChI is InChI=1S/C19H27N3O/c1-13-6-4-10-22(14(13)2)12-16-15-7-3-9-20-19(15)21-18(16)17-8-5-11-23-17/h3,7,9,13-14,17H,4-6,8,10-12H2,1-2H3,(H,20,21)/t13?,14?,17-/m0/s1. The fourth-order valence-electron chi connectivity index (χ4n) is 4.19. The van der Waals surface area contributed by atoms with Crippen LogP contribution in [-0.2, 0) is 11.3 Å². The van der Waals surface area contributed by atoms with Crippen LogP contribution >= 0.6 is 0 Å².